The van der Waals surface area contributed by atoms with Crippen molar-refractivity contribution in [3.05, 3.63) is 21.3 Å². The molecule has 1 rings (SSSR count). The quantitative estimate of drug-likeness (QED) is 0.510. The number of thiophene rings is 1. The Bertz CT molecular complexity index is 118. The summed E-state index contributed by atoms with van der Waals surface area (Å²) in [4.78, 5) is 0. The van der Waals surface area contributed by atoms with Gasteiger partial charge in [-0.1, -0.05) is 3.79 Å². The van der Waals surface area contributed by atoms with Crippen LogP contribution < -0.4 is 0 Å². The molecule has 8 heavy (non-hydrogen) atoms. The Morgan fingerprint density at radius 2 is 2.25 bits per heavy atom. The molecule has 0 bridgehead atoms. The van der Waals surface area contributed by atoms with Crippen LogP contribution in [0.3, 0.4) is 0 Å². The van der Waals surface area contributed by atoms with Crippen LogP contribution in [0, 0.1) is 6.07 Å². The second-order valence-corrected chi connectivity index (χ2v) is 3.14. The molecule has 0 aliphatic rings. The van der Waals surface area contributed by atoms with Crippen molar-refractivity contribution in [1.82, 2.24) is 0 Å². The molecule has 0 saturated carbocycles. The minimum absolute atomic E-state index is 1.14. The van der Waals surface area contributed by atoms with Gasteiger partial charge in [-0.2, -0.15) is 15.9 Å². The van der Waals surface area contributed by atoms with E-state index in [0.717, 1.165) is 3.79 Å². The summed E-state index contributed by atoms with van der Waals surface area (Å²) in [6.07, 6.45) is 0. The molecule has 1 aromatic heterocycles. The van der Waals surface area contributed by atoms with E-state index >= 15 is 0 Å². The summed E-state index contributed by atoms with van der Waals surface area (Å²) in [7, 11) is 0. The zero-order valence-electron chi connectivity index (χ0n) is 4.03. The fourth-order valence-corrected chi connectivity index (χ4v) is 1.02. The third-order valence-electron chi connectivity index (χ3n) is 0.436. The molecule has 0 atom stereocenters. The molecule has 0 saturated heterocycles. The molecule has 0 unspecified atom stereocenters. The third-order valence-corrected chi connectivity index (χ3v) is 1.82. The molecule has 0 fully saturated rings. The SMILES string of the molecule is Brc1c[c-]cs1.[Zn+][Br]. The number of hydrogen-bond donors (Lipinski definition) is 0. The van der Waals surface area contributed by atoms with Crippen LogP contribution in [-0.4, -0.2) is 0 Å². The molecule has 0 aromatic carbocycles. The molecule has 0 amide bonds. The zero-order chi connectivity index (χ0) is 6.41. The first-order chi connectivity index (χ1) is 3.89. The van der Waals surface area contributed by atoms with Gasteiger partial charge >= 0.3 is 30.0 Å². The Morgan fingerprint density at radius 1 is 1.62 bits per heavy atom. The Morgan fingerprint density at radius 3 is 2.38 bits per heavy atom. The number of halogens is 2. The van der Waals surface area contributed by atoms with Gasteiger partial charge in [0.2, 0.25) is 0 Å². The van der Waals surface area contributed by atoms with Gasteiger partial charge in [0.1, 0.15) is 0 Å². The topological polar surface area (TPSA) is 0 Å². The predicted octanol–water partition coefficient (Wildman–Crippen LogP) is 3.15. The molecule has 0 radical (unpaired) electrons. The summed E-state index contributed by atoms with van der Waals surface area (Å²) in [6, 6.07) is 4.79. The Balaban J connectivity index is 0.000000222. The first-order valence-corrected chi connectivity index (χ1v) is 10.4. The predicted molar refractivity (Wildman–Crippen MR) is 39.8 cm³/mol. The zero-order valence-corrected chi connectivity index (χ0v) is 11.0. The summed E-state index contributed by atoms with van der Waals surface area (Å²) < 4.78 is 1.14. The van der Waals surface area contributed by atoms with E-state index in [1.807, 2.05) is 11.4 Å². The van der Waals surface area contributed by atoms with Crippen molar-refractivity contribution in [2.75, 3.05) is 0 Å². The average molecular weight is 307 g/mol. The van der Waals surface area contributed by atoms with Crippen LogP contribution in [0.2, 0.25) is 0 Å². The van der Waals surface area contributed by atoms with Crippen molar-refractivity contribution < 1.29 is 16.3 Å². The molecule has 0 aliphatic heterocycles. The Labute approximate surface area is 77.8 Å². The van der Waals surface area contributed by atoms with Crippen molar-refractivity contribution >= 4 is 40.9 Å². The van der Waals surface area contributed by atoms with Crippen molar-refractivity contribution in [3.8, 4) is 0 Å². The molecule has 1 aromatic rings. The first-order valence-electron chi connectivity index (χ1n) is 1.76. The summed E-state index contributed by atoms with van der Waals surface area (Å²) in [6.45, 7) is 0. The van der Waals surface area contributed by atoms with E-state index in [9.17, 15) is 0 Å². The van der Waals surface area contributed by atoms with Gasteiger partial charge < -0.3 is 0 Å². The van der Waals surface area contributed by atoms with Gasteiger partial charge in [-0.15, -0.1) is 5.38 Å². The molecule has 0 N–H and O–H groups in total. The van der Waals surface area contributed by atoms with E-state index in [1.165, 1.54) is 16.3 Å². The van der Waals surface area contributed by atoms with E-state index in [2.05, 4.69) is 35.6 Å². The van der Waals surface area contributed by atoms with Gasteiger partial charge in [-0.3, -0.25) is 11.3 Å². The van der Waals surface area contributed by atoms with Crippen LogP contribution in [0.1, 0.15) is 0 Å². The normalized spacial score (nSPS) is 7.50. The molecule has 40 valence electrons. The van der Waals surface area contributed by atoms with Crippen LogP contribution in [-0.2, 0) is 16.3 Å². The van der Waals surface area contributed by atoms with E-state index in [4.69, 9.17) is 0 Å². The van der Waals surface area contributed by atoms with Crippen LogP contribution in [0.5, 0.6) is 0 Å². The summed E-state index contributed by atoms with van der Waals surface area (Å²) in [5.41, 5.74) is 0. The monoisotopic (exact) mass is 304 g/mol. The minimum atomic E-state index is 1.14. The van der Waals surface area contributed by atoms with Crippen LogP contribution in [0.4, 0.5) is 0 Å². The molecule has 1 heterocycles. The Hall–Kier alpha value is 1.28. The molecular weight excluding hydrogens is 305 g/mol. The van der Waals surface area contributed by atoms with Gasteiger partial charge in [0, 0.05) is 0 Å². The standard InChI is InChI=1S/C4H2BrS.BrH.Zn/c5-4-2-1-3-6-4;;/h2-3H;1H;/q-1;;+2/p-1. The summed E-state index contributed by atoms with van der Waals surface area (Å²) in [5, 5.41) is 1.91. The number of hydrogen-bond acceptors (Lipinski definition) is 1. The Kier molecular flexibility index (Phi) is 7.43. The van der Waals surface area contributed by atoms with E-state index in [-0.39, 0.29) is 0 Å². The van der Waals surface area contributed by atoms with Crippen molar-refractivity contribution in [2.24, 2.45) is 0 Å². The van der Waals surface area contributed by atoms with Gasteiger partial charge in [-0.25, -0.2) is 12.1 Å². The summed E-state index contributed by atoms with van der Waals surface area (Å²) in [5.74, 6) is 0. The van der Waals surface area contributed by atoms with E-state index in [0.29, 0.717) is 0 Å². The number of rotatable bonds is 0. The van der Waals surface area contributed by atoms with Crippen LogP contribution >= 0.6 is 40.9 Å². The molecule has 0 nitrogen and oxygen atoms in total. The summed E-state index contributed by atoms with van der Waals surface area (Å²) >= 11 is 9.16. The van der Waals surface area contributed by atoms with Crippen molar-refractivity contribution in [3.63, 3.8) is 0 Å². The van der Waals surface area contributed by atoms with Crippen LogP contribution in [0.15, 0.2) is 15.2 Å². The molecule has 0 spiro atoms. The maximum atomic E-state index is 3.27. The van der Waals surface area contributed by atoms with Gasteiger partial charge in [0.25, 0.3) is 0 Å². The van der Waals surface area contributed by atoms with Crippen LogP contribution in [0.25, 0.3) is 0 Å². The first kappa shape index (κ1) is 9.28. The van der Waals surface area contributed by atoms with Crippen molar-refractivity contribution in [1.29, 1.82) is 0 Å². The second kappa shape index (κ2) is 6.40. The molecule has 0 aliphatic carbocycles. The molecule has 4 heteroatoms. The van der Waals surface area contributed by atoms with Crippen molar-refractivity contribution in [2.45, 2.75) is 0 Å². The van der Waals surface area contributed by atoms with Gasteiger partial charge in [0.15, 0.2) is 0 Å². The van der Waals surface area contributed by atoms with E-state index in [1.54, 1.807) is 11.3 Å². The second-order valence-electron chi connectivity index (χ2n) is 0.851. The van der Waals surface area contributed by atoms with Gasteiger partial charge in [-0.05, 0) is 0 Å². The van der Waals surface area contributed by atoms with E-state index < -0.39 is 0 Å². The van der Waals surface area contributed by atoms with Gasteiger partial charge in [0.05, 0.1) is 0 Å². The fraction of sp³-hybridized carbons (Fsp3) is 0. The third kappa shape index (κ3) is 4.19. The average Bonchev–Trinajstić information content (AvgIpc) is 2.24. The fourth-order valence-electron chi connectivity index (χ4n) is 0.224. The molecular formula is C4H2Br2SZn. The maximum absolute atomic E-state index is 3.27.